The molecule has 0 aromatic heterocycles. The van der Waals surface area contributed by atoms with Crippen LogP contribution in [0.2, 0.25) is 0 Å². The Morgan fingerprint density at radius 1 is 0.300 bits per heavy atom. The van der Waals surface area contributed by atoms with E-state index in [0.29, 0.717) is 19.3 Å². The molecule has 0 aliphatic rings. The van der Waals surface area contributed by atoms with Gasteiger partial charge in [-0.25, -0.2) is 0 Å². The van der Waals surface area contributed by atoms with Crippen molar-refractivity contribution in [1.29, 1.82) is 0 Å². The first-order valence-electron chi connectivity index (χ1n) is 27.8. The fourth-order valence-corrected chi connectivity index (χ4v) is 6.92. The Balaban J connectivity index is 4.51. The van der Waals surface area contributed by atoms with E-state index in [1.165, 1.54) is 19.3 Å². The van der Waals surface area contributed by atoms with Gasteiger partial charge in [0.05, 0.1) is 0 Å². The Kier molecular flexibility index (Phi) is 53.0. The largest absolute Gasteiger partial charge is 0.462 e. The van der Waals surface area contributed by atoms with E-state index in [9.17, 15) is 14.4 Å². The maximum absolute atomic E-state index is 12.8. The van der Waals surface area contributed by atoms with Crippen molar-refractivity contribution < 1.29 is 28.6 Å². The molecule has 6 nitrogen and oxygen atoms in total. The lowest BCUT2D eigenvalue weighted by atomic mass is 10.1. The summed E-state index contributed by atoms with van der Waals surface area (Å²) in [7, 11) is 0. The molecule has 0 heterocycles. The lowest BCUT2D eigenvalue weighted by Gasteiger charge is -2.18. The van der Waals surface area contributed by atoms with Gasteiger partial charge in [-0.3, -0.25) is 14.4 Å². The molecule has 0 saturated heterocycles. The van der Waals surface area contributed by atoms with Gasteiger partial charge in [-0.1, -0.05) is 212 Å². The van der Waals surface area contributed by atoms with Crippen molar-refractivity contribution in [3.05, 3.63) is 146 Å². The van der Waals surface area contributed by atoms with Gasteiger partial charge in [0.2, 0.25) is 0 Å². The third kappa shape index (κ3) is 54.2. The molecule has 0 saturated carbocycles. The van der Waals surface area contributed by atoms with Gasteiger partial charge in [0.1, 0.15) is 13.2 Å². The molecule has 1 atom stereocenters. The van der Waals surface area contributed by atoms with Crippen LogP contribution in [0.3, 0.4) is 0 Å². The molecule has 0 aliphatic carbocycles. The number of hydrogen-bond acceptors (Lipinski definition) is 6. The molecule has 0 bridgehead atoms. The highest BCUT2D eigenvalue weighted by Gasteiger charge is 2.19. The number of ether oxygens (including phenoxy) is 3. The molecule has 0 amide bonds. The van der Waals surface area contributed by atoms with Gasteiger partial charge < -0.3 is 14.2 Å². The molecule has 1 unspecified atom stereocenters. The zero-order chi connectivity index (χ0) is 50.7. The van der Waals surface area contributed by atoms with Crippen LogP contribution in [0.5, 0.6) is 0 Å². The lowest BCUT2D eigenvalue weighted by Crippen LogP contribution is -2.30. The van der Waals surface area contributed by atoms with Crippen molar-refractivity contribution >= 4 is 17.9 Å². The molecule has 0 aromatic rings. The average molecular weight is 965 g/mol. The molecule has 0 aromatic carbocycles. The van der Waals surface area contributed by atoms with E-state index in [1.54, 1.807) is 0 Å². The Bertz CT molecular complexity index is 1580. The highest BCUT2D eigenvalue weighted by atomic mass is 16.6. The molecule has 0 fully saturated rings. The van der Waals surface area contributed by atoms with E-state index in [-0.39, 0.29) is 37.5 Å². The topological polar surface area (TPSA) is 78.9 Å². The van der Waals surface area contributed by atoms with Crippen LogP contribution in [0.4, 0.5) is 0 Å². The predicted molar refractivity (Wildman–Crippen MR) is 302 cm³/mol. The highest BCUT2D eigenvalue weighted by Crippen LogP contribution is 2.12. The van der Waals surface area contributed by atoms with E-state index in [2.05, 4.69) is 167 Å². The second-order valence-electron chi connectivity index (χ2n) is 17.7. The summed E-state index contributed by atoms with van der Waals surface area (Å²) in [6.07, 6.45) is 81.2. The number of carbonyl (C=O) groups is 3. The van der Waals surface area contributed by atoms with Crippen molar-refractivity contribution in [3.8, 4) is 0 Å². The summed E-state index contributed by atoms with van der Waals surface area (Å²) >= 11 is 0. The first-order chi connectivity index (χ1) is 34.5. The fourth-order valence-electron chi connectivity index (χ4n) is 6.92. The van der Waals surface area contributed by atoms with E-state index in [1.807, 2.05) is 0 Å². The molecule has 0 N–H and O–H groups in total. The zero-order valence-corrected chi connectivity index (χ0v) is 44.7. The summed E-state index contributed by atoms with van der Waals surface area (Å²) in [5.41, 5.74) is 0. The predicted octanol–water partition coefficient (Wildman–Crippen LogP) is 18.8. The van der Waals surface area contributed by atoms with Crippen LogP contribution in [-0.4, -0.2) is 37.2 Å². The number of rotatable bonds is 48. The van der Waals surface area contributed by atoms with Crippen molar-refractivity contribution in [3.63, 3.8) is 0 Å². The van der Waals surface area contributed by atoms with Crippen LogP contribution in [-0.2, 0) is 28.6 Å². The third-order valence-electron chi connectivity index (χ3n) is 11.1. The number of hydrogen-bond donors (Lipinski definition) is 0. The van der Waals surface area contributed by atoms with Gasteiger partial charge >= 0.3 is 17.9 Å². The van der Waals surface area contributed by atoms with Crippen molar-refractivity contribution in [2.75, 3.05) is 13.2 Å². The summed E-state index contributed by atoms with van der Waals surface area (Å²) in [6, 6.07) is 0. The number of unbranched alkanes of at least 4 members (excludes halogenated alkanes) is 13. The summed E-state index contributed by atoms with van der Waals surface area (Å²) in [5, 5.41) is 0. The number of allylic oxidation sites excluding steroid dienone is 24. The molecule has 0 aliphatic heterocycles. The summed E-state index contributed by atoms with van der Waals surface area (Å²) in [5.74, 6) is -1.01. The molecule has 0 rings (SSSR count). The molecule has 0 radical (unpaired) electrons. The van der Waals surface area contributed by atoms with E-state index in [4.69, 9.17) is 14.2 Å². The van der Waals surface area contributed by atoms with Crippen molar-refractivity contribution in [2.24, 2.45) is 0 Å². The van der Waals surface area contributed by atoms with Crippen LogP contribution in [0.15, 0.2) is 146 Å². The van der Waals surface area contributed by atoms with Crippen LogP contribution in [0.25, 0.3) is 0 Å². The molecular formula is C64H100O6. The minimum absolute atomic E-state index is 0.117. The van der Waals surface area contributed by atoms with Gasteiger partial charge in [-0.2, -0.15) is 0 Å². The lowest BCUT2D eigenvalue weighted by molar-refractivity contribution is -0.167. The first-order valence-corrected chi connectivity index (χ1v) is 27.8. The van der Waals surface area contributed by atoms with Gasteiger partial charge in [-0.15, -0.1) is 0 Å². The van der Waals surface area contributed by atoms with E-state index >= 15 is 0 Å². The minimum Gasteiger partial charge on any atom is -0.462 e. The smallest absolute Gasteiger partial charge is 0.306 e. The van der Waals surface area contributed by atoms with Crippen molar-refractivity contribution in [2.45, 2.75) is 226 Å². The monoisotopic (exact) mass is 965 g/mol. The third-order valence-corrected chi connectivity index (χ3v) is 11.1. The maximum atomic E-state index is 12.8. The Labute approximate surface area is 429 Å². The van der Waals surface area contributed by atoms with E-state index in [0.717, 1.165) is 154 Å². The van der Waals surface area contributed by atoms with Gasteiger partial charge in [0, 0.05) is 19.3 Å². The second-order valence-corrected chi connectivity index (χ2v) is 17.7. The Morgan fingerprint density at radius 3 is 0.900 bits per heavy atom. The average Bonchev–Trinajstić information content (AvgIpc) is 3.36. The number of esters is 3. The molecule has 392 valence electrons. The van der Waals surface area contributed by atoms with Crippen LogP contribution in [0, 0.1) is 0 Å². The Hall–Kier alpha value is -4.71. The molecular weight excluding hydrogens is 865 g/mol. The second kappa shape index (κ2) is 56.9. The van der Waals surface area contributed by atoms with Gasteiger partial charge in [0.15, 0.2) is 6.10 Å². The molecule has 70 heavy (non-hydrogen) atoms. The molecule has 6 heteroatoms. The van der Waals surface area contributed by atoms with Crippen LogP contribution in [0.1, 0.15) is 220 Å². The van der Waals surface area contributed by atoms with E-state index < -0.39 is 6.10 Å². The SMILES string of the molecule is CC/C=C\C/C=C\C/C=C\C/C=C\C/C=C\C/C=C\CCCCCCC(=O)OCC(COC(=O)CCCCCCC/C=C\C/C=C\CCCC)OC(=O)CCCC/C=C\C/C=C\C/C=C\C/C=C\CC. The normalized spacial score (nSPS) is 13.2. The summed E-state index contributed by atoms with van der Waals surface area (Å²) in [4.78, 5) is 38.1. The fraction of sp³-hybridized carbons (Fsp3) is 0.578. The Morgan fingerprint density at radius 2 is 0.557 bits per heavy atom. The van der Waals surface area contributed by atoms with Crippen LogP contribution < -0.4 is 0 Å². The highest BCUT2D eigenvalue weighted by molar-refractivity contribution is 5.71. The zero-order valence-electron chi connectivity index (χ0n) is 44.7. The minimum atomic E-state index is -0.823. The van der Waals surface area contributed by atoms with Crippen molar-refractivity contribution in [1.82, 2.24) is 0 Å². The molecule has 0 spiro atoms. The van der Waals surface area contributed by atoms with Gasteiger partial charge in [-0.05, 0) is 135 Å². The number of carbonyl (C=O) groups excluding carboxylic acids is 3. The summed E-state index contributed by atoms with van der Waals surface area (Å²) < 4.78 is 16.8. The maximum Gasteiger partial charge on any atom is 0.306 e. The standard InChI is InChI=1S/C64H100O6/c1-4-7-10-13-16-19-22-25-28-29-30-31-32-33-34-35-37-39-42-45-48-51-54-57-63(66)69-60-61(59-68-62(65)56-53-50-47-44-41-38-27-24-21-18-15-12-9-6-3)70-64(67)58-55-52-49-46-43-40-36-26-23-20-17-14-11-8-5-2/h7-8,10-11,15-20,24-28,30-31,33-34,36-37,39,43,46,61H,4-6,9,12-14,21-23,29,32,35,38,40-42,44-45,47-60H2,1-3H3/b10-7-,11-8-,18-15-,19-16-,20-17-,27-24-,28-25-,31-30-,34-33-,36-26-,39-37-,46-43-. The quantitative estimate of drug-likeness (QED) is 0.0262. The van der Waals surface area contributed by atoms with Crippen LogP contribution >= 0.6 is 0 Å². The first kappa shape index (κ1) is 65.3. The summed E-state index contributed by atoms with van der Waals surface area (Å²) in [6.45, 7) is 6.28. The van der Waals surface area contributed by atoms with Gasteiger partial charge in [0.25, 0.3) is 0 Å².